The van der Waals surface area contributed by atoms with E-state index >= 15 is 0 Å². The molecule has 0 aliphatic rings. The van der Waals surface area contributed by atoms with Gasteiger partial charge in [-0.3, -0.25) is 4.39 Å². The molecule has 0 saturated heterocycles. The predicted octanol–water partition coefficient (Wildman–Crippen LogP) is 2.54. The Morgan fingerprint density at radius 3 is 1.89 bits per heavy atom. The molecular formula is C5H8F4. The number of hydrogen-bond acceptors (Lipinski definition) is 0. The van der Waals surface area contributed by atoms with Crippen molar-refractivity contribution in [3.63, 3.8) is 0 Å². The molecular weight excluding hydrogens is 136 g/mol. The summed E-state index contributed by atoms with van der Waals surface area (Å²) in [5.74, 6) is -1.51. The van der Waals surface area contributed by atoms with Crippen LogP contribution in [0.4, 0.5) is 17.6 Å². The molecule has 4 heteroatoms. The van der Waals surface area contributed by atoms with Crippen LogP contribution in [0.2, 0.25) is 0 Å². The first-order valence-corrected chi connectivity index (χ1v) is 2.61. The fourth-order valence-electron chi connectivity index (χ4n) is 0.327. The molecule has 0 aromatic heterocycles. The first-order valence-electron chi connectivity index (χ1n) is 2.61. The summed E-state index contributed by atoms with van der Waals surface area (Å²) in [5, 5.41) is 0. The molecule has 0 heterocycles. The Kier molecular flexibility index (Phi) is 2.94. The maximum Gasteiger partial charge on any atom is 0.391 e. The fourth-order valence-corrected chi connectivity index (χ4v) is 0.327. The van der Waals surface area contributed by atoms with Gasteiger partial charge in [0.05, 0.1) is 12.6 Å². The van der Waals surface area contributed by atoms with E-state index in [4.69, 9.17) is 0 Å². The smallest absolute Gasteiger partial charge is 0.251 e. The molecule has 0 aliphatic heterocycles. The van der Waals surface area contributed by atoms with Gasteiger partial charge < -0.3 is 0 Å². The summed E-state index contributed by atoms with van der Waals surface area (Å²) in [4.78, 5) is 0. The third-order valence-electron chi connectivity index (χ3n) is 1.10. The highest BCUT2D eigenvalue weighted by Crippen LogP contribution is 2.27. The van der Waals surface area contributed by atoms with Gasteiger partial charge >= 0.3 is 6.18 Å². The van der Waals surface area contributed by atoms with Crippen molar-refractivity contribution in [1.29, 1.82) is 0 Å². The lowest BCUT2D eigenvalue weighted by molar-refractivity contribution is -0.171. The fraction of sp³-hybridized carbons (Fsp3) is 1.00. The molecule has 0 aromatic carbocycles. The molecule has 0 aromatic rings. The van der Waals surface area contributed by atoms with Crippen molar-refractivity contribution in [1.82, 2.24) is 0 Å². The van der Waals surface area contributed by atoms with Gasteiger partial charge in [-0.1, -0.05) is 6.92 Å². The van der Waals surface area contributed by atoms with Crippen LogP contribution in [-0.4, -0.2) is 12.9 Å². The molecule has 0 fully saturated rings. The van der Waals surface area contributed by atoms with Crippen LogP contribution < -0.4 is 0 Å². The van der Waals surface area contributed by atoms with E-state index in [9.17, 15) is 17.6 Å². The Hall–Kier alpha value is -0.280. The zero-order valence-corrected chi connectivity index (χ0v) is 5.00. The maximum atomic E-state index is 11.5. The average Bonchev–Trinajstić information content (AvgIpc) is 1.64. The second kappa shape index (κ2) is 3.03. The van der Waals surface area contributed by atoms with Gasteiger partial charge in [0.25, 0.3) is 0 Å². The molecule has 0 spiro atoms. The highest BCUT2D eigenvalue weighted by Gasteiger charge is 2.35. The molecule has 0 amide bonds. The van der Waals surface area contributed by atoms with Crippen molar-refractivity contribution in [2.24, 2.45) is 5.92 Å². The largest absolute Gasteiger partial charge is 0.391 e. The van der Waals surface area contributed by atoms with Crippen molar-refractivity contribution in [3.05, 3.63) is 0 Å². The van der Waals surface area contributed by atoms with Crippen molar-refractivity contribution < 1.29 is 17.6 Å². The molecule has 9 heavy (non-hydrogen) atoms. The summed E-state index contributed by atoms with van der Waals surface area (Å²) < 4.78 is 45.7. The van der Waals surface area contributed by atoms with E-state index < -0.39 is 25.2 Å². The van der Waals surface area contributed by atoms with Gasteiger partial charge in [-0.05, 0) is 6.42 Å². The number of alkyl halides is 4. The Morgan fingerprint density at radius 2 is 1.78 bits per heavy atom. The van der Waals surface area contributed by atoms with Crippen LogP contribution >= 0.6 is 0 Å². The van der Waals surface area contributed by atoms with Crippen LogP contribution in [0, 0.1) is 5.92 Å². The van der Waals surface area contributed by atoms with Crippen LogP contribution in [0.5, 0.6) is 0 Å². The third kappa shape index (κ3) is 3.32. The van der Waals surface area contributed by atoms with E-state index in [0.29, 0.717) is 0 Å². The van der Waals surface area contributed by atoms with Crippen molar-refractivity contribution in [2.75, 3.05) is 6.67 Å². The Labute approximate surface area is 50.9 Å². The normalized spacial score (nSPS) is 15.7. The minimum Gasteiger partial charge on any atom is -0.251 e. The quantitative estimate of drug-likeness (QED) is 0.522. The Morgan fingerprint density at radius 1 is 1.33 bits per heavy atom. The van der Waals surface area contributed by atoms with E-state index in [-0.39, 0.29) is 0 Å². The molecule has 0 bridgehead atoms. The molecule has 0 saturated carbocycles. The molecule has 0 radical (unpaired) electrons. The van der Waals surface area contributed by atoms with Crippen LogP contribution in [0.1, 0.15) is 13.3 Å². The monoisotopic (exact) mass is 144 g/mol. The molecule has 0 rings (SSSR count). The van der Waals surface area contributed by atoms with Gasteiger partial charge in [0.2, 0.25) is 0 Å². The SMILES string of the molecule is CC(CCF)C(F)(F)F. The minimum atomic E-state index is -4.23. The van der Waals surface area contributed by atoms with E-state index in [1.54, 1.807) is 0 Å². The lowest BCUT2D eigenvalue weighted by Crippen LogP contribution is -2.19. The molecule has 0 nitrogen and oxygen atoms in total. The highest BCUT2D eigenvalue weighted by atomic mass is 19.4. The maximum absolute atomic E-state index is 11.5. The van der Waals surface area contributed by atoms with Crippen LogP contribution in [0.15, 0.2) is 0 Å². The summed E-state index contributed by atoms with van der Waals surface area (Å²) in [6, 6.07) is 0. The van der Waals surface area contributed by atoms with Crippen molar-refractivity contribution in [2.45, 2.75) is 19.5 Å². The third-order valence-corrected chi connectivity index (χ3v) is 1.10. The summed E-state index contributed by atoms with van der Waals surface area (Å²) in [5.41, 5.74) is 0. The molecule has 56 valence electrons. The van der Waals surface area contributed by atoms with Crippen molar-refractivity contribution in [3.8, 4) is 0 Å². The summed E-state index contributed by atoms with van der Waals surface area (Å²) in [6.45, 7) is 0.0697. The zero-order chi connectivity index (χ0) is 7.49. The first kappa shape index (κ1) is 8.72. The summed E-state index contributed by atoms with van der Waals surface area (Å²) in [7, 11) is 0. The second-order valence-electron chi connectivity index (χ2n) is 1.92. The lowest BCUT2D eigenvalue weighted by atomic mass is 10.1. The standard InChI is InChI=1S/C5H8F4/c1-4(2-3-6)5(7,8)9/h4H,2-3H2,1H3. The Balaban J connectivity index is 3.59. The van der Waals surface area contributed by atoms with Gasteiger partial charge in [-0.15, -0.1) is 0 Å². The first-order chi connectivity index (χ1) is 3.98. The van der Waals surface area contributed by atoms with E-state index in [2.05, 4.69) is 0 Å². The second-order valence-corrected chi connectivity index (χ2v) is 1.92. The highest BCUT2D eigenvalue weighted by molar-refractivity contribution is 4.60. The zero-order valence-electron chi connectivity index (χ0n) is 5.00. The topological polar surface area (TPSA) is 0 Å². The minimum absolute atomic E-state index is 0.427. The van der Waals surface area contributed by atoms with Gasteiger partial charge in [-0.25, -0.2) is 0 Å². The predicted molar refractivity (Wildman–Crippen MR) is 25.8 cm³/mol. The molecule has 0 aliphatic carbocycles. The van der Waals surface area contributed by atoms with Crippen LogP contribution in [-0.2, 0) is 0 Å². The van der Waals surface area contributed by atoms with Gasteiger partial charge in [0, 0.05) is 0 Å². The number of hydrogen-bond donors (Lipinski definition) is 0. The van der Waals surface area contributed by atoms with Crippen LogP contribution in [0.25, 0.3) is 0 Å². The molecule has 0 N–H and O–H groups in total. The van der Waals surface area contributed by atoms with E-state index in [1.165, 1.54) is 0 Å². The molecule has 1 unspecified atom stereocenters. The summed E-state index contributed by atoms with van der Waals surface area (Å²) >= 11 is 0. The Bertz CT molecular complexity index is 75.5. The number of halogens is 4. The number of rotatable bonds is 2. The molecule has 1 atom stereocenters. The van der Waals surface area contributed by atoms with Crippen LogP contribution in [0.3, 0.4) is 0 Å². The van der Waals surface area contributed by atoms with Crippen molar-refractivity contribution >= 4 is 0 Å². The van der Waals surface area contributed by atoms with Gasteiger partial charge in [0.15, 0.2) is 0 Å². The van der Waals surface area contributed by atoms with E-state index in [0.717, 1.165) is 6.92 Å². The van der Waals surface area contributed by atoms with Gasteiger partial charge in [0.1, 0.15) is 0 Å². The lowest BCUT2D eigenvalue weighted by Gasteiger charge is -2.12. The average molecular weight is 144 g/mol. The summed E-state index contributed by atoms with van der Waals surface area (Å²) in [6.07, 6.45) is -4.66. The van der Waals surface area contributed by atoms with Gasteiger partial charge in [-0.2, -0.15) is 13.2 Å². The van der Waals surface area contributed by atoms with E-state index in [1.807, 2.05) is 0 Å².